The second kappa shape index (κ2) is 5.80. The van der Waals surface area contributed by atoms with Crippen molar-refractivity contribution in [1.82, 2.24) is 15.3 Å². The Morgan fingerprint density at radius 2 is 1.94 bits per heavy atom. The minimum Gasteiger partial charge on any atom is -0.313 e. The number of nitrogens with one attached hydrogen (secondary N) is 1. The highest BCUT2D eigenvalue weighted by molar-refractivity contribution is 7.99. The first-order valence-electron chi connectivity index (χ1n) is 5.52. The van der Waals surface area contributed by atoms with Gasteiger partial charge < -0.3 is 5.32 Å². The second-order valence-electron chi connectivity index (χ2n) is 3.68. The molecule has 88 valence electrons. The van der Waals surface area contributed by atoms with Gasteiger partial charge in [0.1, 0.15) is 10.1 Å². The summed E-state index contributed by atoms with van der Waals surface area (Å²) in [6.45, 7) is 2.12. The number of hydrogen-bond acceptors (Lipinski definition) is 4. The standard InChI is InChI=1S/C13H15N3S/c1-10(14-2)11-6-5-9-16-13(11)17-12-7-3-4-8-15-12/h3-10,14H,1-2H3. The lowest BCUT2D eigenvalue weighted by atomic mass is 10.1. The van der Waals surface area contributed by atoms with Crippen LogP contribution in [-0.4, -0.2) is 17.0 Å². The predicted molar refractivity (Wildman–Crippen MR) is 70.1 cm³/mol. The molecule has 1 unspecified atom stereocenters. The Labute approximate surface area is 106 Å². The van der Waals surface area contributed by atoms with Crippen molar-refractivity contribution in [2.24, 2.45) is 0 Å². The van der Waals surface area contributed by atoms with Crippen molar-refractivity contribution in [3.8, 4) is 0 Å². The molecule has 0 spiro atoms. The van der Waals surface area contributed by atoms with E-state index in [1.165, 1.54) is 5.56 Å². The fourth-order valence-electron chi connectivity index (χ4n) is 1.48. The maximum atomic E-state index is 4.43. The molecule has 0 radical (unpaired) electrons. The first kappa shape index (κ1) is 12.1. The Hall–Kier alpha value is -1.39. The summed E-state index contributed by atoms with van der Waals surface area (Å²) in [6.07, 6.45) is 3.61. The number of hydrogen-bond donors (Lipinski definition) is 1. The Balaban J connectivity index is 2.27. The fourth-order valence-corrected chi connectivity index (χ4v) is 2.41. The van der Waals surface area contributed by atoms with Crippen molar-refractivity contribution in [2.75, 3.05) is 7.05 Å². The van der Waals surface area contributed by atoms with Gasteiger partial charge in [0.05, 0.1) is 0 Å². The zero-order chi connectivity index (χ0) is 12.1. The normalized spacial score (nSPS) is 12.4. The van der Waals surface area contributed by atoms with Crippen LogP contribution in [0, 0.1) is 0 Å². The van der Waals surface area contributed by atoms with Crippen LogP contribution in [0.25, 0.3) is 0 Å². The molecular formula is C13H15N3S. The molecule has 0 fully saturated rings. The van der Waals surface area contributed by atoms with Crippen LogP contribution in [-0.2, 0) is 0 Å². The second-order valence-corrected chi connectivity index (χ2v) is 4.69. The lowest BCUT2D eigenvalue weighted by Crippen LogP contribution is -2.13. The van der Waals surface area contributed by atoms with E-state index in [1.54, 1.807) is 18.0 Å². The van der Waals surface area contributed by atoms with Gasteiger partial charge in [-0.2, -0.15) is 0 Å². The van der Waals surface area contributed by atoms with Crippen LogP contribution >= 0.6 is 11.8 Å². The lowest BCUT2D eigenvalue weighted by molar-refractivity contribution is 0.634. The summed E-state index contributed by atoms with van der Waals surface area (Å²) in [5.74, 6) is 0. The van der Waals surface area contributed by atoms with Crippen LogP contribution in [0.2, 0.25) is 0 Å². The van der Waals surface area contributed by atoms with Crippen molar-refractivity contribution in [3.63, 3.8) is 0 Å². The van der Waals surface area contributed by atoms with Crippen LogP contribution in [0.15, 0.2) is 52.8 Å². The average Bonchev–Trinajstić information content (AvgIpc) is 2.40. The van der Waals surface area contributed by atoms with Gasteiger partial charge in [-0.05, 0) is 43.9 Å². The molecule has 0 aliphatic rings. The molecule has 1 atom stereocenters. The number of rotatable bonds is 4. The molecule has 0 saturated carbocycles. The average molecular weight is 245 g/mol. The zero-order valence-electron chi connectivity index (χ0n) is 9.92. The summed E-state index contributed by atoms with van der Waals surface area (Å²) >= 11 is 1.60. The minimum absolute atomic E-state index is 0.287. The third-order valence-corrected chi connectivity index (χ3v) is 3.52. The van der Waals surface area contributed by atoms with Gasteiger partial charge in [0.2, 0.25) is 0 Å². The first-order valence-corrected chi connectivity index (χ1v) is 6.34. The molecule has 1 N–H and O–H groups in total. The molecule has 2 aromatic heterocycles. The quantitative estimate of drug-likeness (QED) is 0.898. The van der Waals surface area contributed by atoms with E-state index < -0.39 is 0 Å². The minimum atomic E-state index is 0.287. The van der Waals surface area contributed by atoms with E-state index in [4.69, 9.17) is 0 Å². The highest BCUT2D eigenvalue weighted by atomic mass is 32.2. The fraction of sp³-hybridized carbons (Fsp3) is 0.231. The Morgan fingerprint density at radius 3 is 2.65 bits per heavy atom. The maximum Gasteiger partial charge on any atom is 0.107 e. The predicted octanol–water partition coefficient (Wildman–Crippen LogP) is 2.91. The number of pyridine rings is 2. The molecule has 0 bridgehead atoms. The van der Waals surface area contributed by atoms with Gasteiger partial charge in [0.25, 0.3) is 0 Å². The summed E-state index contributed by atoms with van der Waals surface area (Å²) in [7, 11) is 1.95. The van der Waals surface area contributed by atoms with Crippen LogP contribution in [0.4, 0.5) is 0 Å². The molecule has 0 aliphatic carbocycles. The van der Waals surface area contributed by atoms with E-state index in [0.29, 0.717) is 0 Å². The van der Waals surface area contributed by atoms with Crippen molar-refractivity contribution in [1.29, 1.82) is 0 Å². The van der Waals surface area contributed by atoms with Crippen LogP contribution in [0.1, 0.15) is 18.5 Å². The number of aromatic nitrogens is 2. The Morgan fingerprint density at radius 1 is 1.12 bits per heavy atom. The molecule has 2 aromatic rings. The van der Waals surface area contributed by atoms with E-state index in [2.05, 4.69) is 28.3 Å². The van der Waals surface area contributed by atoms with E-state index in [-0.39, 0.29) is 6.04 Å². The molecule has 0 aliphatic heterocycles. The molecule has 2 heterocycles. The van der Waals surface area contributed by atoms with Gasteiger partial charge in [0.15, 0.2) is 0 Å². The SMILES string of the molecule is CNC(C)c1cccnc1Sc1ccccn1. The van der Waals surface area contributed by atoms with E-state index in [9.17, 15) is 0 Å². The van der Waals surface area contributed by atoms with Gasteiger partial charge in [-0.3, -0.25) is 0 Å². The van der Waals surface area contributed by atoms with Crippen LogP contribution in [0.5, 0.6) is 0 Å². The van der Waals surface area contributed by atoms with Gasteiger partial charge >= 0.3 is 0 Å². The Kier molecular flexibility index (Phi) is 4.12. The van der Waals surface area contributed by atoms with Crippen molar-refractivity contribution >= 4 is 11.8 Å². The van der Waals surface area contributed by atoms with Crippen molar-refractivity contribution < 1.29 is 0 Å². The van der Waals surface area contributed by atoms with Crippen molar-refractivity contribution in [3.05, 3.63) is 48.3 Å². The Bertz CT molecular complexity index is 473. The van der Waals surface area contributed by atoms with Crippen LogP contribution in [0.3, 0.4) is 0 Å². The largest absolute Gasteiger partial charge is 0.313 e. The van der Waals surface area contributed by atoms with Gasteiger partial charge in [-0.1, -0.05) is 12.1 Å². The van der Waals surface area contributed by atoms with E-state index in [1.807, 2.05) is 37.5 Å². The molecule has 3 nitrogen and oxygen atoms in total. The lowest BCUT2D eigenvalue weighted by Gasteiger charge is -2.13. The summed E-state index contributed by atoms with van der Waals surface area (Å²) in [5, 5.41) is 5.21. The topological polar surface area (TPSA) is 37.8 Å². The molecular weight excluding hydrogens is 230 g/mol. The highest BCUT2D eigenvalue weighted by Crippen LogP contribution is 2.29. The third kappa shape index (κ3) is 3.05. The maximum absolute atomic E-state index is 4.43. The van der Waals surface area contributed by atoms with Crippen LogP contribution < -0.4 is 5.32 Å². The summed E-state index contributed by atoms with van der Waals surface area (Å²) in [5.41, 5.74) is 1.20. The van der Waals surface area contributed by atoms with E-state index in [0.717, 1.165) is 10.1 Å². The summed E-state index contributed by atoms with van der Waals surface area (Å²) in [4.78, 5) is 8.73. The van der Waals surface area contributed by atoms with Gasteiger partial charge in [0, 0.05) is 24.0 Å². The summed E-state index contributed by atoms with van der Waals surface area (Å²) < 4.78 is 0. The molecule has 0 aromatic carbocycles. The third-order valence-electron chi connectivity index (χ3n) is 2.54. The highest BCUT2D eigenvalue weighted by Gasteiger charge is 2.10. The molecule has 0 saturated heterocycles. The monoisotopic (exact) mass is 245 g/mol. The molecule has 17 heavy (non-hydrogen) atoms. The van der Waals surface area contributed by atoms with Gasteiger partial charge in [-0.25, -0.2) is 9.97 Å². The molecule has 4 heteroatoms. The smallest absolute Gasteiger partial charge is 0.107 e. The van der Waals surface area contributed by atoms with E-state index >= 15 is 0 Å². The first-order chi connectivity index (χ1) is 8.31. The summed E-state index contributed by atoms with van der Waals surface area (Å²) in [6, 6.07) is 10.2. The zero-order valence-corrected chi connectivity index (χ0v) is 10.7. The molecule has 2 rings (SSSR count). The molecule has 0 amide bonds. The van der Waals surface area contributed by atoms with Gasteiger partial charge in [-0.15, -0.1) is 0 Å². The number of nitrogens with zero attached hydrogens (tertiary/aromatic N) is 2. The van der Waals surface area contributed by atoms with Crippen molar-refractivity contribution in [2.45, 2.75) is 23.0 Å².